The molecule has 0 radical (unpaired) electrons. The monoisotopic (exact) mass is 451 g/mol. The second-order valence-electron chi connectivity index (χ2n) is 7.43. The Morgan fingerprint density at radius 2 is 1.94 bits per heavy atom. The summed E-state index contributed by atoms with van der Waals surface area (Å²) in [5.74, 6) is -0.716. The zero-order chi connectivity index (χ0) is 22.8. The molecule has 1 aromatic heterocycles. The smallest absolute Gasteiger partial charge is 0.346 e. The molecule has 3 rings (SSSR count). The van der Waals surface area contributed by atoms with Gasteiger partial charge in [0.1, 0.15) is 12.4 Å². The summed E-state index contributed by atoms with van der Waals surface area (Å²) in [5, 5.41) is 6.95. The fourth-order valence-electron chi connectivity index (χ4n) is 3.56. The number of rotatable bonds is 6. The normalized spacial score (nSPS) is 17.3. The van der Waals surface area contributed by atoms with Crippen molar-refractivity contribution in [2.75, 3.05) is 31.8 Å². The maximum Gasteiger partial charge on any atom is 0.346 e. The van der Waals surface area contributed by atoms with Gasteiger partial charge in [-0.25, -0.2) is 27.0 Å². The molecular formula is C19H25N5O6S. The Kier molecular flexibility index (Phi) is 6.60. The highest BCUT2D eigenvalue weighted by Gasteiger charge is 2.30. The van der Waals surface area contributed by atoms with Crippen molar-refractivity contribution in [3.8, 4) is 0 Å². The highest BCUT2D eigenvalue weighted by Crippen LogP contribution is 2.26. The molecular weight excluding hydrogens is 426 g/mol. The summed E-state index contributed by atoms with van der Waals surface area (Å²) in [6.07, 6.45) is 2.53. The second-order valence-corrected chi connectivity index (χ2v) is 9.42. The molecule has 31 heavy (non-hydrogen) atoms. The van der Waals surface area contributed by atoms with Crippen LogP contribution < -0.4 is 11.0 Å². The van der Waals surface area contributed by atoms with E-state index in [-0.39, 0.29) is 19.0 Å². The van der Waals surface area contributed by atoms with Gasteiger partial charge in [-0.2, -0.15) is 5.10 Å². The van der Waals surface area contributed by atoms with Gasteiger partial charge in [-0.3, -0.25) is 9.36 Å². The number of piperidine rings is 1. The number of hydrogen-bond acceptors (Lipinski definition) is 7. The first kappa shape index (κ1) is 22.7. The fourth-order valence-corrected chi connectivity index (χ4v) is 4.47. The highest BCUT2D eigenvalue weighted by molar-refractivity contribution is 7.88. The van der Waals surface area contributed by atoms with E-state index < -0.39 is 27.6 Å². The van der Waals surface area contributed by atoms with Gasteiger partial charge in [-0.1, -0.05) is 0 Å². The predicted octanol–water partition coefficient (Wildman–Crippen LogP) is 0.146. The van der Waals surface area contributed by atoms with Crippen LogP contribution in [-0.4, -0.2) is 65.4 Å². The number of carbonyl (C=O) groups excluding carboxylic acids is 2. The van der Waals surface area contributed by atoms with E-state index in [0.29, 0.717) is 36.5 Å². The van der Waals surface area contributed by atoms with Gasteiger partial charge in [0.05, 0.1) is 18.9 Å². The molecule has 168 valence electrons. The Bertz CT molecular complexity index is 1140. The van der Waals surface area contributed by atoms with Crippen LogP contribution in [0.25, 0.3) is 0 Å². The Labute approximate surface area is 179 Å². The fraction of sp³-hybridized carbons (Fsp3) is 0.474. The average Bonchev–Trinajstić information content (AvgIpc) is 3.01. The quantitative estimate of drug-likeness (QED) is 0.618. The van der Waals surface area contributed by atoms with Crippen LogP contribution in [0.5, 0.6) is 0 Å². The zero-order valence-electron chi connectivity index (χ0n) is 17.6. The summed E-state index contributed by atoms with van der Waals surface area (Å²) in [7, 11) is -0.488. The molecule has 11 nitrogen and oxygen atoms in total. The summed E-state index contributed by atoms with van der Waals surface area (Å²) in [4.78, 5) is 36.4. The van der Waals surface area contributed by atoms with E-state index in [1.54, 1.807) is 19.2 Å². The average molecular weight is 452 g/mol. The van der Waals surface area contributed by atoms with Crippen molar-refractivity contribution in [2.45, 2.75) is 25.3 Å². The first-order valence-electron chi connectivity index (χ1n) is 9.67. The molecule has 12 heteroatoms. The molecule has 0 saturated carbocycles. The molecule has 0 bridgehead atoms. The summed E-state index contributed by atoms with van der Waals surface area (Å²) in [6.45, 7) is 0.400. The van der Waals surface area contributed by atoms with Crippen LogP contribution in [0.15, 0.2) is 29.1 Å². The SMILES string of the molecule is COC(=O)c1ccc(NC(=O)Cn2nc(C3CCCN(S(C)(=O)=O)C3)n(C)c2=O)cc1. The topological polar surface area (TPSA) is 133 Å². The summed E-state index contributed by atoms with van der Waals surface area (Å²) in [5.41, 5.74) is 0.349. The first-order chi connectivity index (χ1) is 14.6. The van der Waals surface area contributed by atoms with Gasteiger partial charge in [0.25, 0.3) is 0 Å². The number of benzene rings is 1. The standard InChI is InChI=1S/C19H25N5O6S/c1-22-17(14-5-4-10-23(11-14)31(3,28)29)21-24(19(22)27)12-16(25)20-15-8-6-13(7-9-15)18(26)30-2/h6-9,14H,4-5,10-12H2,1-3H3,(H,20,25). The number of sulfonamides is 1. The molecule has 1 aromatic carbocycles. The lowest BCUT2D eigenvalue weighted by molar-refractivity contribution is -0.117. The number of methoxy groups -OCH3 is 1. The first-order valence-corrected chi connectivity index (χ1v) is 11.5. The number of nitrogens with one attached hydrogen (secondary N) is 1. The van der Waals surface area contributed by atoms with Crippen molar-refractivity contribution in [1.29, 1.82) is 0 Å². The van der Waals surface area contributed by atoms with E-state index in [9.17, 15) is 22.8 Å². The number of esters is 1. The van der Waals surface area contributed by atoms with Crippen molar-refractivity contribution >= 4 is 27.6 Å². The van der Waals surface area contributed by atoms with Crippen molar-refractivity contribution < 1.29 is 22.7 Å². The van der Waals surface area contributed by atoms with E-state index in [2.05, 4.69) is 15.2 Å². The lowest BCUT2D eigenvalue weighted by Gasteiger charge is -2.30. The van der Waals surface area contributed by atoms with Crippen LogP contribution in [0, 0.1) is 0 Å². The minimum absolute atomic E-state index is 0.226. The predicted molar refractivity (Wildman–Crippen MR) is 112 cm³/mol. The van der Waals surface area contributed by atoms with Crippen molar-refractivity contribution in [2.24, 2.45) is 7.05 Å². The number of ether oxygens (including phenoxy) is 1. The van der Waals surface area contributed by atoms with Crippen LogP contribution in [-0.2, 0) is 33.1 Å². The zero-order valence-corrected chi connectivity index (χ0v) is 18.4. The van der Waals surface area contributed by atoms with E-state index in [1.165, 1.54) is 28.1 Å². The maximum absolute atomic E-state index is 12.6. The van der Waals surface area contributed by atoms with Crippen LogP contribution in [0.2, 0.25) is 0 Å². The number of carbonyl (C=O) groups is 2. The molecule has 1 atom stereocenters. The summed E-state index contributed by atoms with van der Waals surface area (Å²) >= 11 is 0. The third-order valence-corrected chi connectivity index (χ3v) is 6.45. The Morgan fingerprint density at radius 1 is 1.26 bits per heavy atom. The number of anilines is 1. The van der Waals surface area contributed by atoms with Gasteiger partial charge < -0.3 is 10.1 Å². The minimum Gasteiger partial charge on any atom is -0.465 e. The van der Waals surface area contributed by atoms with E-state index in [1.807, 2.05) is 0 Å². The number of nitrogens with zero attached hydrogens (tertiary/aromatic N) is 4. The van der Waals surface area contributed by atoms with Crippen molar-refractivity contribution in [3.05, 3.63) is 46.1 Å². The van der Waals surface area contributed by atoms with E-state index in [0.717, 1.165) is 10.9 Å². The molecule has 1 amide bonds. The van der Waals surface area contributed by atoms with Gasteiger partial charge in [-0.05, 0) is 37.1 Å². The molecule has 1 N–H and O–H groups in total. The molecule has 0 spiro atoms. The highest BCUT2D eigenvalue weighted by atomic mass is 32.2. The molecule has 1 fully saturated rings. The second kappa shape index (κ2) is 9.02. The van der Waals surface area contributed by atoms with Crippen LogP contribution >= 0.6 is 0 Å². The molecule has 1 aliphatic heterocycles. The maximum atomic E-state index is 12.6. The summed E-state index contributed by atoms with van der Waals surface area (Å²) in [6, 6.07) is 6.14. The summed E-state index contributed by atoms with van der Waals surface area (Å²) < 4.78 is 32.2. The lowest BCUT2D eigenvalue weighted by atomic mass is 9.99. The van der Waals surface area contributed by atoms with E-state index >= 15 is 0 Å². The molecule has 1 aliphatic rings. The Hall–Kier alpha value is -2.99. The van der Waals surface area contributed by atoms with Gasteiger partial charge in [-0.15, -0.1) is 0 Å². The Morgan fingerprint density at radius 3 is 2.55 bits per heavy atom. The van der Waals surface area contributed by atoms with Gasteiger partial charge >= 0.3 is 11.7 Å². The minimum atomic E-state index is -3.33. The molecule has 0 aliphatic carbocycles. The molecule has 2 aromatic rings. The third-order valence-electron chi connectivity index (χ3n) is 5.18. The van der Waals surface area contributed by atoms with Gasteiger partial charge in [0.2, 0.25) is 15.9 Å². The number of aromatic nitrogens is 3. The number of hydrogen-bond donors (Lipinski definition) is 1. The Balaban J connectivity index is 1.71. The molecule has 1 saturated heterocycles. The van der Waals surface area contributed by atoms with Gasteiger partial charge in [0.15, 0.2) is 0 Å². The van der Waals surface area contributed by atoms with Gasteiger partial charge in [0, 0.05) is 31.7 Å². The largest absolute Gasteiger partial charge is 0.465 e. The van der Waals surface area contributed by atoms with Crippen LogP contribution in [0.1, 0.15) is 34.9 Å². The van der Waals surface area contributed by atoms with Crippen molar-refractivity contribution in [3.63, 3.8) is 0 Å². The lowest BCUT2D eigenvalue weighted by Crippen LogP contribution is -2.39. The third kappa shape index (κ3) is 5.20. The van der Waals surface area contributed by atoms with Crippen molar-refractivity contribution in [1.82, 2.24) is 18.7 Å². The number of amides is 1. The van der Waals surface area contributed by atoms with Crippen LogP contribution in [0.3, 0.4) is 0 Å². The molecule has 1 unspecified atom stereocenters. The molecule has 2 heterocycles. The van der Waals surface area contributed by atoms with E-state index in [4.69, 9.17) is 0 Å². The van der Waals surface area contributed by atoms with Crippen LogP contribution in [0.4, 0.5) is 5.69 Å².